The third-order valence-corrected chi connectivity index (χ3v) is 3.11. The molecule has 1 aliphatic heterocycles. The highest BCUT2D eigenvalue weighted by atomic mass is 16.5. The van der Waals surface area contributed by atoms with Crippen molar-refractivity contribution in [2.75, 3.05) is 33.3 Å². The maximum atomic E-state index is 5.34. The van der Waals surface area contributed by atoms with Gasteiger partial charge in [-0.1, -0.05) is 13.8 Å². The summed E-state index contributed by atoms with van der Waals surface area (Å²) in [6, 6.07) is 0.691. The van der Waals surface area contributed by atoms with E-state index in [1.807, 2.05) is 0 Å². The first kappa shape index (κ1) is 12.9. The average Bonchev–Trinajstić information content (AvgIpc) is 2.20. The Bertz CT molecular complexity index is 173. The highest BCUT2D eigenvalue weighted by molar-refractivity contribution is 4.81. The maximum absolute atomic E-state index is 5.34. The summed E-state index contributed by atoms with van der Waals surface area (Å²) in [6.07, 6.45) is 1.63. The lowest BCUT2D eigenvalue weighted by Crippen LogP contribution is -2.53. The molecular formula is C12H26N2O. The summed E-state index contributed by atoms with van der Waals surface area (Å²) >= 11 is 0. The zero-order valence-corrected chi connectivity index (χ0v) is 10.6. The Hall–Kier alpha value is -0.120. The summed E-state index contributed by atoms with van der Waals surface area (Å²) in [4.78, 5) is 2.57. The minimum atomic E-state index is 0.345. The fraction of sp³-hybridized carbons (Fsp3) is 1.00. The van der Waals surface area contributed by atoms with Gasteiger partial charge in [-0.25, -0.2) is 0 Å². The number of nitrogens with one attached hydrogen (secondary N) is 1. The van der Waals surface area contributed by atoms with E-state index in [-0.39, 0.29) is 0 Å². The number of hydrogen-bond donors (Lipinski definition) is 1. The Balaban J connectivity index is 2.42. The van der Waals surface area contributed by atoms with Crippen LogP contribution in [0.5, 0.6) is 0 Å². The summed E-state index contributed by atoms with van der Waals surface area (Å²) < 4.78 is 5.34. The molecule has 0 aromatic rings. The van der Waals surface area contributed by atoms with Gasteiger partial charge in [-0.2, -0.15) is 0 Å². The summed E-state index contributed by atoms with van der Waals surface area (Å²) in [7, 11) is 1.80. The number of hydrogen-bond acceptors (Lipinski definition) is 3. The van der Waals surface area contributed by atoms with Crippen molar-refractivity contribution in [3.05, 3.63) is 0 Å². The topological polar surface area (TPSA) is 24.5 Å². The summed E-state index contributed by atoms with van der Waals surface area (Å²) in [5.74, 6) is 0.773. The molecule has 1 fully saturated rings. The number of piperazine rings is 1. The van der Waals surface area contributed by atoms with E-state index < -0.39 is 0 Å². The molecule has 3 heteroatoms. The molecule has 3 nitrogen and oxygen atoms in total. The van der Waals surface area contributed by atoms with Gasteiger partial charge in [0.25, 0.3) is 0 Å². The molecule has 15 heavy (non-hydrogen) atoms. The van der Waals surface area contributed by atoms with E-state index in [1.54, 1.807) is 7.11 Å². The number of nitrogens with zero attached hydrogens (tertiary/aromatic N) is 1. The standard InChI is InChI=1S/C12H26N2O/c1-10(2)7-12-8-13-5-6-14(12)9-11(3)15-4/h10-13H,5-9H2,1-4H3. The summed E-state index contributed by atoms with van der Waals surface area (Å²) in [6.45, 7) is 11.2. The highest BCUT2D eigenvalue weighted by Crippen LogP contribution is 2.14. The zero-order chi connectivity index (χ0) is 11.3. The minimum absolute atomic E-state index is 0.345. The van der Waals surface area contributed by atoms with E-state index >= 15 is 0 Å². The maximum Gasteiger partial charge on any atom is 0.0670 e. The zero-order valence-electron chi connectivity index (χ0n) is 10.6. The van der Waals surface area contributed by atoms with Crippen LogP contribution >= 0.6 is 0 Å². The summed E-state index contributed by atoms with van der Waals surface area (Å²) in [5.41, 5.74) is 0. The van der Waals surface area contributed by atoms with Crippen LogP contribution in [-0.2, 0) is 4.74 Å². The number of rotatable bonds is 5. The molecule has 0 spiro atoms. The van der Waals surface area contributed by atoms with E-state index in [0.29, 0.717) is 12.1 Å². The van der Waals surface area contributed by atoms with Crippen molar-refractivity contribution < 1.29 is 4.74 Å². The van der Waals surface area contributed by atoms with E-state index in [1.165, 1.54) is 6.42 Å². The van der Waals surface area contributed by atoms with Crippen molar-refractivity contribution in [1.29, 1.82) is 0 Å². The molecule has 1 saturated heterocycles. The second kappa shape index (κ2) is 6.46. The molecule has 2 atom stereocenters. The first-order valence-corrected chi connectivity index (χ1v) is 6.11. The van der Waals surface area contributed by atoms with Crippen LogP contribution < -0.4 is 5.32 Å². The molecule has 1 heterocycles. The quantitative estimate of drug-likeness (QED) is 0.747. The molecule has 0 saturated carbocycles. The normalized spacial score (nSPS) is 25.8. The van der Waals surface area contributed by atoms with Crippen molar-refractivity contribution in [1.82, 2.24) is 10.2 Å². The van der Waals surface area contributed by atoms with Gasteiger partial charge in [-0.3, -0.25) is 4.90 Å². The lowest BCUT2D eigenvalue weighted by molar-refractivity contribution is 0.0458. The Labute approximate surface area is 94.2 Å². The van der Waals surface area contributed by atoms with Crippen molar-refractivity contribution in [3.8, 4) is 0 Å². The average molecular weight is 214 g/mol. The molecule has 0 aliphatic carbocycles. The van der Waals surface area contributed by atoms with Gasteiger partial charge in [0.15, 0.2) is 0 Å². The first-order valence-electron chi connectivity index (χ1n) is 6.11. The SMILES string of the molecule is COC(C)CN1CCNCC1CC(C)C. The molecule has 0 aromatic heterocycles. The molecule has 2 unspecified atom stereocenters. The third kappa shape index (κ3) is 4.49. The molecule has 0 radical (unpaired) electrons. The van der Waals surface area contributed by atoms with E-state index in [4.69, 9.17) is 4.74 Å². The first-order chi connectivity index (χ1) is 7.13. The molecule has 0 bridgehead atoms. The van der Waals surface area contributed by atoms with Crippen LogP contribution in [0.25, 0.3) is 0 Å². The summed E-state index contributed by atoms with van der Waals surface area (Å²) in [5, 5.41) is 3.48. The minimum Gasteiger partial charge on any atom is -0.380 e. The van der Waals surface area contributed by atoms with Gasteiger partial charge >= 0.3 is 0 Å². The monoisotopic (exact) mass is 214 g/mol. The molecule has 1 rings (SSSR count). The Morgan fingerprint density at radius 3 is 2.73 bits per heavy atom. The molecule has 1 N–H and O–H groups in total. The molecule has 0 amide bonds. The Morgan fingerprint density at radius 1 is 1.40 bits per heavy atom. The highest BCUT2D eigenvalue weighted by Gasteiger charge is 2.23. The Kier molecular flexibility index (Phi) is 5.58. The van der Waals surface area contributed by atoms with E-state index in [0.717, 1.165) is 32.1 Å². The predicted octanol–water partition coefficient (Wildman–Crippen LogP) is 1.34. The van der Waals surface area contributed by atoms with Gasteiger partial charge in [0.2, 0.25) is 0 Å². The fourth-order valence-electron chi connectivity index (χ4n) is 2.22. The smallest absolute Gasteiger partial charge is 0.0670 e. The van der Waals surface area contributed by atoms with Crippen LogP contribution in [0.2, 0.25) is 0 Å². The van der Waals surface area contributed by atoms with Gasteiger partial charge in [-0.05, 0) is 19.3 Å². The molecule has 1 aliphatic rings. The van der Waals surface area contributed by atoms with Crippen LogP contribution in [0.15, 0.2) is 0 Å². The largest absolute Gasteiger partial charge is 0.380 e. The molecular weight excluding hydrogens is 188 g/mol. The number of methoxy groups -OCH3 is 1. The van der Waals surface area contributed by atoms with Gasteiger partial charge in [0.1, 0.15) is 0 Å². The second-order valence-electron chi connectivity index (χ2n) is 5.03. The van der Waals surface area contributed by atoms with Crippen LogP contribution in [-0.4, -0.2) is 50.3 Å². The number of ether oxygens (including phenoxy) is 1. The van der Waals surface area contributed by atoms with Crippen molar-refractivity contribution in [2.24, 2.45) is 5.92 Å². The molecule has 0 aromatic carbocycles. The van der Waals surface area contributed by atoms with Gasteiger partial charge in [0, 0.05) is 39.3 Å². The van der Waals surface area contributed by atoms with Crippen LogP contribution in [0.4, 0.5) is 0 Å². The fourth-order valence-corrected chi connectivity index (χ4v) is 2.22. The van der Waals surface area contributed by atoms with Crippen molar-refractivity contribution in [2.45, 2.75) is 39.3 Å². The second-order valence-corrected chi connectivity index (χ2v) is 5.03. The third-order valence-electron chi connectivity index (χ3n) is 3.11. The predicted molar refractivity (Wildman–Crippen MR) is 64.2 cm³/mol. The lowest BCUT2D eigenvalue weighted by atomic mass is 10.0. The van der Waals surface area contributed by atoms with E-state index in [2.05, 4.69) is 31.0 Å². The molecule has 90 valence electrons. The van der Waals surface area contributed by atoms with Gasteiger partial charge in [-0.15, -0.1) is 0 Å². The van der Waals surface area contributed by atoms with Crippen molar-refractivity contribution >= 4 is 0 Å². The van der Waals surface area contributed by atoms with Gasteiger partial charge in [0.05, 0.1) is 6.10 Å². The Morgan fingerprint density at radius 2 is 2.13 bits per heavy atom. The van der Waals surface area contributed by atoms with Crippen LogP contribution in [0.3, 0.4) is 0 Å². The van der Waals surface area contributed by atoms with Gasteiger partial charge < -0.3 is 10.1 Å². The van der Waals surface area contributed by atoms with Crippen LogP contribution in [0, 0.1) is 5.92 Å². The van der Waals surface area contributed by atoms with E-state index in [9.17, 15) is 0 Å². The van der Waals surface area contributed by atoms with Crippen LogP contribution in [0.1, 0.15) is 27.2 Å². The van der Waals surface area contributed by atoms with Crippen molar-refractivity contribution in [3.63, 3.8) is 0 Å². The lowest BCUT2D eigenvalue weighted by Gasteiger charge is -2.38.